The number of rotatable bonds is 7. The standard InChI is InChI=1S/C24H23Cl3FN2O5P/c1-13(2)17-11-16(6-7-18(17)31)34-22-20(26)23(28)30-24(21(22)27)29-12-36(32)33-9-8-19(35-36)14-4-3-5-15(25)10-14/h3-7,10-11,13,19,31H,8-9,12H2,1-2H3,(H,29,30)/t19-,36-/m0/s1. The first kappa shape index (κ1) is 27.0. The largest absolute Gasteiger partial charge is 0.508 e. The molecule has 192 valence electrons. The topological polar surface area (TPSA) is 89.9 Å². The highest BCUT2D eigenvalue weighted by atomic mass is 35.5. The van der Waals surface area contributed by atoms with Crippen LogP contribution in [0.4, 0.5) is 10.2 Å². The Morgan fingerprint density at radius 2 is 2.00 bits per heavy atom. The quantitative estimate of drug-likeness (QED) is 0.215. The Bertz CT molecular complexity index is 1330. The van der Waals surface area contributed by atoms with Gasteiger partial charge in [-0.05, 0) is 41.8 Å². The number of pyridine rings is 1. The molecule has 0 radical (unpaired) electrons. The summed E-state index contributed by atoms with van der Waals surface area (Å²) in [5.74, 6) is -0.978. The zero-order chi connectivity index (χ0) is 26.0. The summed E-state index contributed by atoms with van der Waals surface area (Å²) in [6.07, 6.45) is -0.324. The summed E-state index contributed by atoms with van der Waals surface area (Å²) in [6.45, 7) is 4.00. The van der Waals surface area contributed by atoms with Crippen molar-refractivity contribution in [3.8, 4) is 17.2 Å². The molecule has 7 nitrogen and oxygen atoms in total. The third-order valence-corrected chi connectivity index (χ3v) is 8.07. The predicted octanol–water partition coefficient (Wildman–Crippen LogP) is 8.54. The van der Waals surface area contributed by atoms with E-state index in [9.17, 15) is 14.1 Å². The number of aromatic nitrogens is 1. The second-order valence-electron chi connectivity index (χ2n) is 8.40. The lowest BCUT2D eigenvalue weighted by atomic mass is 10.0. The molecule has 1 aliphatic rings. The highest BCUT2D eigenvalue weighted by Crippen LogP contribution is 2.56. The Labute approximate surface area is 223 Å². The predicted molar refractivity (Wildman–Crippen MR) is 138 cm³/mol. The minimum Gasteiger partial charge on any atom is -0.508 e. The number of phenols is 1. The summed E-state index contributed by atoms with van der Waals surface area (Å²) >= 11 is 18.6. The summed E-state index contributed by atoms with van der Waals surface area (Å²) in [7, 11) is -3.64. The minimum atomic E-state index is -3.64. The third kappa shape index (κ3) is 6.08. The molecular weight excluding hydrogens is 553 g/mol. The Morgan fingerprint density at radius 3 is 2.72 bits per heavy atom. The van der Waals surface area contributed by atoms with Crippen LogP contribution in [-0.4, -0.2) is 23.0 Å². The van der Waals surface area contributed by atoms with Gasteiger partial charge in [-0.3, -0.25) is 9.09 Å². The van der Waals surface area contributed by atoms with Gasteiger partial charge in [0.05, 0.1) is 12.7 Å². The lowest BCUT2D eigenvalue weighted by Gasteiger charge is -2.30. The summed E-state index contributed by atoms with van der Waals surface area (Å²) in [5.41, 5.74) is 1.40. The molecule has 1 saturated heterocycles. The molecule has 2 heterocycles. The van der Waals surface area contributed by atoms with Crippen LogP contribution < -0.4 is 10.1 Å². The first-order chi connectivity index (χ1) is 17.1. The average Bonchev–Trinajstić information content (AvgIpc) is 2.84. The van der Waals surface area contributed by atoms with E-state index in [4.69, 9.17) is 48.6 Å². The lowest BCUT2D eigenvalue weighted by Crippen LogP contribution is -2.18. The second-order valence-corrected chi connectivity index (χ2v) is 11.6. The first-order valence-electron chi connectivity index (χ1n) is 11.0. The van der Waals surface area contributed by atoms with E-state index in [-0.39, 0.29) is 46.9 Å². The van der Waals surface area contributed by atoms with Gasteiger partial charge in [-0.25, -0.2) is 0 Å². The van der Waals surface area contributed by atoms with E-state index >= 15 is 0 Å². The van der Waals surface area contributed by atoms with Crippen molar-refractivity contribution in [3.63, 3.8) is 0 Å². The zero-order valence-corrected chi connectivity index (χ0v) is 22.5. The summed E-state index contributed by atoms with van der Waals surface area (Å²) < 4.78 is 44.8. The van der Waals surface area contributed by atoms with Gasteiger partial charge in [-0.15, -0.1) is 0 Å². The summed E-state index contributed by atoms with van der Waals surface area (Å²) in [6, 6.07) is 11.6. The normalized spacial score (nSPS) is 19.9. The van der Waals surface area contributed by atoms with Crippen molar-refractivity contribution in [2.45, 2.75) is 32.3 Å². The smallest absolute Gasteiger partial charge is 0.350 e. The van der Waals surface area contributed by atoms with Crippen molar-refractivity contribution >= 4 is 48.2 Å². The summed E-state index contributed by atoms with van der Waals surface area (Å²) in [4.78, 5) is 3.73. The Hall–Kier alpha value is -2.06. The fraction of sp³-hybridized carbons (Fsp3) is 0.292. The van der Waals surface area contributed by atoms with Crippen molar-refractivity contribution in [2.24, 2.45) is 0 Å². The molecule has 2 atom stereocenters. The highest BCUT2D eigenvalue weighted by Gasteiger charge is 2.35. The molecule has 4 rings (SSSR count). The van der Waals surface area contributed by atoms with E-state index in [1.165, 1.54) is 12.1 Å². The van der Waals surface area contributed by atoms with Gasteiger partial charge in [-0.1, -0.05) is 60.8 Å². The maximum atomic E-state index is 14.6. The van der Waals surface area contributed by atoms with Crippen molar-refractivity contribution in [3.05, 3.63) is 74.6 Å². The molecule has 2 N–H and O–H groups in total. The number of phenolic OH excluding ortho intramolecular Hbond substituents is 1. The van der Waals surface area contributed by atoms with E-state index in [0.29, 0.717) is 17.0 Å². The van der Waals surface area contributed by atoms with Gasteiger partial charge in [0.15, 0.2) is 11.6 Å². The van der Waals surface area contributed by atoms with Crippen LogP contribution in [0.1, 0.15) is 43.4 Å². The number of halogens is 4. The van der Waals surface area contributed by atoms with Crippen molar-refractivity contribution in [1.82, 2.24) is 4.98 Å². The van der Waals surface area contributed by atoms with Crippen LogP contribution in [-0.2, 0) is 13.6 Å². The van der Waals surface area contributed by atoms with Crippen LogP contribution in [0.2, 0.25) is 15.1 Å². The van der Waals surface area contributed by atoms with E-state index in [2.05, 4.69) is 10.3 Å². The number of hydrogen-bond donors (Lipinski definition) is 2. The minimum absolute atomic E-state index is 0.00865. The van der Waals surface area contributed by atoms with Crippen LogP contribution in [0.5, 0.6) is 17.2 Å². The number of anilines is 1. The number of aromatic hydroxyl groups is 1. The van der Waals surface area contributed by atoms with Crippen molar-refractivity contribution < 1.29 is 27.8 Å². The van der Waals surface area contributed by atoms with E-state index in [0.717, 1.165) is 5.56 Å². The fourth-order valence-electron chi connectivity index (χ4n) is 3.64. The summed E-state index contributed by atoms with van der Waals surface area (Å²) in [5, 5.41) is 12.8. The molecule has 1 aliphatic heterocycles. The molecule has 2 aromatic carbocycles. The number of ether oxygens (including phenoxy) is 1. The number of nitrogens with zero attached hydrogens (tertiary/aromatic N) is 1. The maximum absolute atomic E-state index is 14.6. The molecule has 0 bridgehead atoms. The van der Waals surface area contributed by atoms with Crippen LogP contribution in [0.15, 0.2) is 42.5 Å². The van der Waals surface area contributed by atoms with Gasteiger partial charge >= 0.3 is 7.60 Å². The third-order valence-electron chi connectivity index (χ3n) is 5.46. The van der Waals surface area contributed by atoms with Crippen LogP contribution in [0, 0.1) is 5.95 Å². The molecule has 12 heteroatoms. The molecule has 3 aromatic rings. The Morgan fingerprint density at radius 1 is 1.22 bits per heavy atom. The first-order valence-corrected chi connectivity index (χ1v) is 13.9. The highest BCUT2D eigenvalue weighted by molar-refractivity contribution is 7.54. The van der Waals surface area contributed by atoms with Gasteiger partial charge in [-0.2, -0.15) is 9.37 Å². The average molecular weight is 576 g/mol. The molecule has 0 aliphatic carbocycles. The molecule has 1 fully saturated rings. The Balaban J connectivity index is 1.54. The number of nitrogens with one attached hydrogen (secondary N) is 1. The van der Waals surface area contributed by atoms with E-state index in [1.54, 1.807) is 24.3 Å². The molecule has 0 spiro atoms. The van der Waals surface area contributed by atoms with Crippen molar-refractivity contribution in [1.29, 1.82) is 0 Å². The number of benzene rings is 2. The molecule has 0 amide bonds. The number of hydrogen-bond acceptors (Lipinski definition) is 7. The molecule has 36 heavy (non-hydrogen) atoms. The van der Waals surface area contributed by atoms with Crippen LogP contribution >= 0.6 is 42.4 Å². The van der Waals surface area contributed by atoms with E-state index < -0.39 is 24.7 Å². The van der Waals surface area contributed by atoms with Gasteiger partial charge in [0.1, 0.15) is 27.8 Å². The lowest BCUT2D eigenvalue weighted by molar-refractivity contribution is 0.0822. The SMILES string of the molecule is CC(C)c1cc(Oc2c(Cl)c(F)nc(NC[P@]3(=O)OCC[C@@H](c4cccc(Cl)c4)O3)c2Cl)ccc1O. The van der Waals surface area contributed by atoms with Crippen LogP contribution in [0.25, 0.3) is 0 Å². The zero-order valence-electron chi connectivity index (χ0n) is 19.3. The fourth-order valence-corrected chi connectivity index (χ4v) is 5.87. The molecular formula is C24H23Cl3FN2O5P. The second kappa shape index (κ2) is 11.1. The Kier molecular flexibility index (Phi) is 8.35. The van der Waals surface area contributed by atoms with Crippen LogP contribution in [0.3, 0.4) is 0 Å². The van der Waals surface area contributed by atoms with Gasteiger partial charge in [0.25, 0.3) is 0 Å². The van der Waals surface area contributed by atoms with E-state index in [1.807, 2.05) is 19.9 Å². The van der Waals surface area contributed by atoms with Gasteiger partial charge < -0.3 is 19.7 Å². The van der Waals surface area contributed by atoms with Crippen molar-refractivity contribution in [2.75, 3.05) is 18.2 Å². The van der Waals surface area contributed by atoms with Gasteiger partial charge in [0.2, 0.25) is 5.95 Å². The monoisotopic (exact) mass is 574 g/mol. The molecule has 0 saturated carbocycles. The molecule has 0 unspecified atom stereocenters. The maximum Gasteiger partial charge on any atom is 0.350 e. The van der Waals surface area contributed by atoms with Gasteiger partial charge in [0, 0.05) is 17.0 Å². The molecule has 1 aromatic heterocycles.